The van der Waals surface area contributed by atoms with Gasteiger partial charge in [0.2, 0.25) is 5.91 Å². The number of carbonyl (C=O) groups is 2. The summed E-state index contributed by atoms with van der Waals surface area (Å²) < 4.78 is 5.94. The van der Waals surface area contributed by atoms with Crippen LogP contribution in [0.3, 0.4) is 0 Å². The van der Waals surface area contributed by atoms with E-state index in [9.17, 15) is 9.59 Å². The Morgan fingerprint density at radius 1 is 1.03 bits per heavy atom. The number of nitrogens with one attached hydrogen (secondary N) is 1. The lowest BCUT2D eigenvalue weighted by Crippen LogP contribution is -2.50. The molecule has 1 saturated carbocycles. The van der Waals surface area contributed by atoms with Gasteiger partial charge in [-0.15, -0.1) is 0 Å². The second kappa shape index (κ2) is 10.7. The first-order valence-electron chi connectivity index (χ1n) is 11.6. The molecule has 3 rings (SSSR count). The Bertz CT molecular complexity index is 946. The molecule has 1 atom stereocenters. The zero-order valence-corrected chi connectivity index (χ0v) is 20.0. The molecule has 0 spiro atoms. The minimum Gasteiger partial charge on any atom is -0.483 e. The number of nitrogens with zero attached hydrogens (tertiary/aromatic N) is 1. The highest BCUT2D eigenvalue weighted by molar-refractivity contribution is 5.88. The van der Waals surface area contributed by atoms with Gasteiger partial charge in [-0.2, -0.15) is 0 Å². The summed E-state index contributed by atoms with van der Waals surface area (Å²) in [6.45, 7) is 10.2. The molecule has 5 heteroatoms. The summed E-state index contributed by atoms with van der Waals surface area (Å²) in [6, 6.07) is 11.8. The molecule has 1 N–H and O–H groups in total. The highest BCUT2D eigenvalue weighted by atomic mass is 16.5. The third-order valence-electron chi connectivity index (χ3n) is 6.46. The second-order valence-corrected chi connectivity index (χ2v) is 9.17. The second-order valence-electron chi connectivity index (χ2n) is 9.17. The fourth-order valence-corrected chi connectivity index (χ4v) is 4.24. The molecular formula is C27H36N2O3. The average Bonchev–Trinajstić information content (AvgIpc) is 3.27. The first-order chi connectivity index (χ1) is 15.2. The van der Waals surface area contributed by atoms with E-state index in [4.69, 9.17) is 4.74 Å². The van der Waals surface area contributed by atoms with Crippen molar-refractivity contribution >= 4 is 11.8 Å². The van der Waals surface area contributed by atoms with Crippen LogP contribution in [-0.2, 0) is 16.1 Å². The standard InChI is InChI=1S/C27H36N2O3/c1-18-10-12-23(13-11-18)16-29(22(5)27(31)28-24-8-6-7-9-24)26(30)17-32-25-15-19(2)14-20(3)21(25)4/h10-15,22,24H,6-9,16-17H2,1-5H3,(H,28,31). The summed E-state index contributed by atoms with van der Waals surface area (Å²) in [5, 5.41) is 3.13. The van der Waals surface area contributed by atoms with Crippen LogP contribution in [0.25, 0.3) is 0 Å². The van der Waals surface area contributed by atoms with E-state index >= 15 is 0 Å². The van der Waals surface area contributed by atoms with Crippen LogP contribution < -0.4 is 10.1 Å². The van der Waals surface area contributed by atoms with Crippen molar-refractivity contribution in [2.24, 2.45) is 0 Å². The predicted octanol–water partition coefficient (Wildman–Crippen LogP) is 4.78. The SMILES string of the molecule is Cc1ccc(CN(C(=O)COc2cc(C)cc(C)c2C)C(C)C(=O)NC2CCCC2)cc1. The van der Waals surface area contributed by atoms with Gasteiger partial charge in [-0.3, -0.25) is 9.59 Å². The summed E-state index contributed by atoms with van der Waals surface area (Å²) in [6.07, 6.45) is 4.32. The summed E-state index contributed by atoms with van der Waals surface area (Å²) in [5.41, 5.74) is 5.41. The van der Waals surface area contributed by atoms with Crippen LogP contribution in [0.15, 0.2) is 36.4 Å². The van der Waals surface area contributed by atoms with Crippen LogP contribution in [-0.4, -0.2) is 35.4 Å². The van der Waals surface area contributed by atoms with Gasteiger partial charge in [0.15, 0.2) is 6.61 Å². The van der Waals surface area contributed by atoms with Crippen molar-refractivity contribution in [3.63, 3.8) is 0 Å². The lowest BCUT2D eigenvalue weighted by atomic mass is 10.1. The van der Waals surface area contributed by atoms with Crippen molar-refractivity contribution in [1.82, 2.24) is 10.2 Å². The fourth-order valence-electron chi connectivity index (χ4n) is 4.24. The van der Waals surface area contributed by atoms with Gasteiger partial charge >= 0.3 is 0 Å². The van der Waals surface area contributed by atoms with E-state index in [1.807, 2.05) is 58.0 Å². The van der Waals surface area contributed by atoms with E-state index in [1.165, 1.54) is 0 Å². The number of hydrogen-bond acceptors (Lipinski definition) is 3. The zero-order chi connectivity index (χ0) is 23.3. The number of rotatable bonds is 8. The average molecular weight is 437 g/mol. The first kappa shape index (κ1) is 23.8. The number of benzene rings is 2. The van der Waals surface area contributed by atoms with E-state index in [-0.39, 0.29) is 24.5 Å². The minimum absolute atomic E-state index is 0.0973. The molecule has 0 heterocycles. The number of aryl methyl sites for hydroxylation is 3. The first-order valence-corrected chi connectivity index (χ1v) is 11.6. The summed E-state index contributed by atoms with van der Waals surface area (Å²) in [5.74, 6) is 0.423. The smallest absolute Gasteiger partial charge is 0.261 e. The minimum atomic E-state index is -0.576. The molecule has 2 amide bonds. The normalized spacial score (nSPS) is 14.8. The molecule has 0 aliphatic heterocycles. The van der Waals surface area contributed by atoms with Gasteiger partial charge in [0.05, 0.1) is 0 Å². The summed E-state index contributed by atoms with van der Waals surface area (Å²) in [4.78, 5) is 27.9. The van der Waals surface area contributed by atoms with Crippen LogP contribution in [0.4, 0.5) is 0 Å². The lowest BCUT2D eigenvalue weighted by molar-refractivity contribution is -0.142. The van der Waals surface area contributed by atoms with Crippen LogP contribution in [0.5, 0.6) is 5.75 Å². The molecule has 32 heavy (non-hydrogen) atoms. The lowest BCUT2D eigenvalue weighted by Gasteiger charge is -2.30. The van der Waals surface area contributed by atoms with Crippen LogP contribution in [0.2, 0.25) is 0 Å². The Balaban J connectivity index is 1.74. The largest absolute Gasteiger partial charge is 0.483 e. The monoisotopic (exact) mass is 436 g/mol. The number of amides is 2. The van der Waals surface area contributed by atoms with Crippen LogP contribution >= 0.6 is 0 Å². The molecule has 1 fully saturated rings. The Kier molecular flexibility index (Phi) is 7.94. The Morgan fingerprint density at radius 3 is 2.34 bits per heavy atom. The van der Waals surface area contributed by atoms with Gasteiger partial charge in [-0.05, 0) is 75.8 Å². The number of carbonyl (C=O) groups excluding carboxylic acids is 2. The maximum Gasteiger partial charge on any atom is 0.261 e. The molecule has 1 unspecified atom stereocenters. The van der Waals surface area contributed by atoms with Gasteiger partial charge < -0.3 is 15.0 Å². The maximum atomic E-state index is 13.3. The van der Waals surface area contributed by atoms with Gasteiger partial charge in [0.25, 0.3) is 5.91 Å². The van der Waals surface area contributed by atoms with Gasteiger partial charge in [-0.1, -0.05) is 48.7 Å². The van der Waals surface area contributed by atoms with Crippen molar-refractivity contribution in [2.75, 3.05) is 6.61 Å². The summed E-state index contributed by atoms with van der Waals surface area (Å²) in [7, 11) is 0. The highest BCUT2D eigenvalue weighted by Crippen LogP contribution is 2.24. The Labute approximate surface area is 192 Å². The van der Waals surface area contributed by atoms with Crippen molar-refractivity contribution < 1.29 is 14.3 Å². The molecule has 0 radical (unpaired) electrons. The van der Waals surface area contributed by atoms with Crippen molar-refractivity contribution in [1.29, 1.82) is 0 Å². The molecule has 1 aliphatic carbocycles. The van der Waals surface area contributed by atoms with E-state index in [0.717, 1.165) is 53.5 Å². The van der Waals surface area contributed by atoms with Gasteiger partial charge in [-0.25, -0.2) is 0 Å². The quantitative estimate of drug-likeness (QED) is 0.648. The van der Waals surface area contributed by atoms with Crippen molar-refractivity contribution in [3.05, 3.63) is 64.2 Å². The third-order valence-corrected chi connectivity index (χ3v) is 6.46. The van der Waals surface area contributed by atoms with E-state index < -0.39 is 6.04 Å². The molecule has 0 saturated heterocycles. The number of ether oxygens (including phenoxy) is 1. The van der Waals surface area contributed by atoms with Gasteiger partial charge in [0.1, 0.15) is 11.8 Å². The molecule has 0 bridgehead atoms. The fraction of sp³-hybridized carbons (Fsp3) is 0.481. The highest BCUT2D eigenvalue weighted by Gasteiger charge is 2.28. The summed E-state index contributed by atoms with van der Waals surface area (Å²) >= 11 is 0. The van der Waals surface area contributed by atoms with Crippen LogP contribution in [0.1, 0.15) is 60.4 Å². The molecule has 2 aromatic carbocycles. The van der Waals surface area contributed by atoms with E-state index in [2.05, 4.69) is 11.4 Å². The molecule has 0 aromatic heterocycles. The maximum absolute atomic E-state index is 13.3. The zero-order valence-electron chi connectivity index (χ0n) is 20.0. The van der Waals surface area contributed by atoms with Crippen LogP contribution in [0, 0.1) is 27.7 Å². The molecule has 5 nitrogen and oxygen atoms in total. The van der Waals surface area contributed by atoms with E-state index in [0.29, 0.717) is 12.3 Å². The topological polar surface area (TPSA) is 58.6 Å². The number of hydrogen-bond donors (Lipinski definition) is 1. The third kappa shape index (κ3) is 6.12. The molecule has 1 aliphatic rings. The van der Waals surface area contributed by atoms with Gasteiger partial charge in [0, 0.05) is 12.6 Å². The molecular weight excluding hydrogens is 400 g/mol. The van der Waals surface area contributed by atoms with Crippen molar-refractivity contribution in [3.8, 4) is 5.75 Å². The Morgan fingerprint density at radius 2 is 1.69 bits per heavy atom. The van der Waals surface area contributed by atoms with Crippen molar-refractivity contribution in [2.45, 2.75) is 78.9 Å². The molecule has 172 valence electrons. The Hall–Kier alpha value is -2.82. The molecule has 2 aromatic rings. The van der Waals surface area contributed by atoms with E-state index in [1.54, 1.807) is 11.8 Å². The predicted molar refractivity (Wildman–Crippen MR) is 128 cm³/mol.